The van der Waals surface area contributed by atoms with Gasteiger partial charge in [-0.3, -0.25) is 9.78 Å². The van der Waals surface area contributed by atoms with Crippen molar-refractivity contribution in [1.82, 2.24) is 20.1 Å². The number of aromatic nitrogens is 1. The lowest BCUT2D eigenvalue weighted by molar-refractivity contribution is -0.128. The summed E-state index contributed by atoms with van der Waals surface area (Å²) in [6.07, 6.45) is 9.00. The number of unbranched alkanes of at least 4 members (excludes halogenated alkanes) is 3. The molecular formula is C21H36IN5O. The van der Waals surface area contributed by atoms with E-state index >= 15 is 0 Å². The van der Waals surface area contributed by atoms with E-state index in [0.717, 1.165) is 44.0 Å². The molecule has 1 aromatic rings. The van der Waals surface area contributed by atoms with Crippen LogP contribution in [0, 0.1) is 0 Å². The lowest BCUT2D eigenvalue weighted by atomic mass is 10.2. The van der Waals surface area contributed by atoms with Gasteiger partial charge in [0.2, 0.25) is 5.91 Å². The van der Waals surface area contributed by atoms with Crippen LogP contribution in [0.1, 0.15) is 38.3 Å². The molecule has 0 aliphatic carbocycles. The highest BCUT2D eigenvalue weighted by Gasteiger charge is 2.11. The largest absolute Gasteiger partial charge is 0.357 e. The van der Waals surface area contributed by atoms with E-state index in [1.165, 1.54) is 12.8 Å². The van der Waals surface area contributed by atoms with Gasteiger partial charge in [-0.2, -0.15) is 0 Å². The first-order chi connectivity index (χ1) is 13.1. The summed E-state index contributed by atoms with van der Waals surface area (Å²) in [4.78, 5) is 25.0. The lowest BCUT2D eigenvalue weighted by Gasteiger charge is -2.22. The monoisotopic (exact) mass is 501 g/mol. The van der Waals surface area contributed by atoms with Crippen LogP contribution >= 0.6 is 24.0 Å². The zero-order valence-corrected chi connectivity index (χ0v) is 19.9. The van der Waals surface area contributed by atoms with Crippen LogP contribution in [0.15, 0.2) is 42.0 Å². The van der Waals surface area contributed by atoms with Crippen LogP contribution in [0.2, 0.25) is 0 Å². The van der Waals surface area contributed by atoms with E-state index in [4.69, 9.17) is 0 Å². The Hall–Kier alpha value is -1.64. The molecule has 1 rings (SSSR count). The molecule has 1 amide bonds. The quantitative estimate of drug-likeness (QED) is 0.157. The SMILES string of the molecule is C=CCCCCCN(C)C(=NCC(=O)N(C)CCc1ccccn1)NCC.I. The number of hydrogen-bond donors (Lipinski definition) is 1. The van der Waals surface area contributed by atoms with E-state index in [1.54, 1.807) is 11.1 Å². The third-order valence-corrected chi connectivity index (χ3v) is 4.32. The molecular weight excluding hydrogens is 465 g/mol. The van der Waals surface area contributed by atoms with Crippen molar-refractivity contribution < 1.29 is 4.79 Å². The molecule has 0 spiro atoms. The van der Waals surface area contributed by atoms with Crippen molar-refractivity contribution in [3.63, 3.8) is 0 Å². The number of pyridine rings is 1. The summed E-state index contributed by atoms with van der Waals surface area (Å²) in [5.74, 6) is 0.799. The van der Waals surface area contributed by atoms with Gasteiger partial charge in [-0.05, 0) is 38.3 Å². The minimum absolute atomic E-state index is 0. The van der Waals surface area contributed by atoms with Crippen molar-refractivity contribution in [2.24, 2.45) is 4.99 Å². The zero-order valence-electron chi connectivity index (χ0n) is 17.6. The molecule has 0 bridgehead atoms. The van der Waals surface area contributed by atoms with E-state index in [9.17, 15) is 4.79 Å². The van der Waals surface area contributed by atoms with Crippen LogP contribution in [-0.4, -0.2) is 66.9 Å². The van der Waals surface area contributed by atoms with Gasteiger partial charge in [0, 0.05) is 52.0 Å². The smallest absolute Gasteiger partial charge is 0.244 e. The first-order valence-electron chi connectivity index (χ1n) is 9.82. The highest BCUT2D eigenvalue weighted by molar-refractivity contribution is 14.0. The molecule has 6 nitrogen and oxygen atoms in total. The number of aliphatic imine (C=N–C) groups is 1. The van der Waals surface area contributed by atoms with Crippen molar-refractivity contribution in [2.75, 3.05) is 40.3 Å². The second-order valence-corrected chi connectivity index (χ2v) is 6.62. The molecule has 0 atom stereocenters. The van der Waals surface area contributed by atoms with E-state index in [1.807, 2.05) is 45.3 Å². The lowest BCUT2D eigenvalue weighted by Crippen LogP contribution is -2.40. The number of nitrogens with one attached hydrogen (secondary N) is 1. The minimum Gasteiger partial charge on any atom is -0.357 e. The number of likely N-dealkylation sites (N-methyl/N-ethyl adjacent to an activating group) is 1. The molecule has 0 aromatic carbocycles. The fourth-order valence-electron chi connectivity index (χ4n) is 2.61. The zero-order chi connectivity index (χ0) is 19.9. The summed E-state index contributed by atoms with van der Waals surface area (Å²) < 4.78 is 0. The number of guanidine groups is 1. The van der Waals surface area contributed by atoms with Crippen LogP contribution in [0.3, 0.4) is 0 Å². The predicted molar refractivity (Wildman–Crippen MR) is 128 cm³/mol. The molecule has 158 valence electrons. The molecule has 0 unspecified atom stereocenters. The van der Waals surface area contributed by atoms with E-state index in [2.05, 4.69) is 26.8 Å². The maximum Gasteiger partial charge on any atom is 0.244 e. The summed E-state index contributed by atoms with van der Waals surface area (Å²) >= 11 is 0. The van der Waals surface area contributed by atoms with Gasteiger partial charge in [0.25, 0.3) is 0 Å². The standard InChI is InChI=1S/C21H35N5O.HI/c1-5-7-8-9-12-16-26(4)21(22-6-2)24-18-20(27)25(3)17-14-19-13-10-11-15-23-19;/h5,10-11,13,15H,1,6-9,12,14,16-18H2,2-4H3,(H,22,24);1H. The Morgan fingerprint density at radius 3 is 2.64 bits per heavy atom. The molecule has 7 heteroatoms. The van der Waals surface area contributed by atoms with Gasteiger partial charge < -0.3 is 15.1 Å². The number of allylic oxidation sites excluding steroid dienone is 1. The summed E-state index contributed by atoms with van der Waals surface area (Å²) in [5, 5.41) is 3.27. The molecule has 1 N–H and O–H groups in total. The fraction of sp³-hybridized carbons (Fsp3) is 0.571. The molecule has 1 aromatic heterocycles. The first-order valence-corrected chi connectivity index (χ1v) is 9.82. The van der Waals surface area contributed by atoms with Gasteiger partial charge in [-0.15, -0.1) is 30.6 Å². The fourth-order valence-corrected chi connectivity index (χ4v) is 2.61. The number of halogens is 1. The van der Waals surface area contributed by atoms with E-state index < -0.39 is 0 Å². The highest BCUT2D eigenvalue weighted by atomic mass is 127. The molecule has 0 saturated heterocycles. The number of rotatable bonds is 12. The minimum atomic E-state index is 0. The Kier molecular flexibility index (Phi) is 15.4. The molecule has 0 aliphatic rings. The van der Waals surface area contributed by atoms with Gasteiger partial charge in [0.05, 0.1) is 0 Å². The van der Waals surface area contributed by atoms with Crippen LogP contribution < -0.4 is 5.32 Å². The van der Waals surface area contributed by atoms with Gasteiger partial charge in [-0.25, -0.2) is 4.99 Å². The van der Waals surface area contributed by atoms with Crippen LogP contribution in [-0.2, 0) is 11.2 Å². The average Bonchev–Trinajstić information content (AvgIpc) is 2.69. The van der Waals surface area contributed by atoms with Gasteiger partial charge in [0.15, 0.2) is 5.96 Å². The average molecular weight is 501 g/mol. The van der Waals surface area contributed by atoms with Gasteiger partial charge in [-0.1, -0.05) is 18.6 Å². The third-order valence-electron chi connectivity index (χ3n) is 4.32. The summed E-state index contributed by atoms with van der Waals surface area (Å²) in [6, 6.07) is 5.83. The molecule has 0 fully saturated rings. The van der Waals surface area contributed by atoms with Crippen LogP contribution in [0.5, 0.6) is 0 Å². The normalized spacial score (nSPS) is 10.8. The first kappa shape index (κ1) is 26.4. The highest BCUT2D eigenvalue weighted by Crippen LogP contribution is 2.02. The molecule has 1 heterocycles. The number of carbonyl (C=O) groups excluding carboxylic acids is 1. The van der Waals surface area contributed by atoms with E-state index in [-0.39, 0.29) is 36.4 Å². The van der Waals surface area contributed by atoms with Gasteiger partial charge in [0.1, 0.15) is 6.54 Å². The van der Waals surface area contributed by atoms with Gasteiger partial charge >= 0.3 is 0 Å². The molecule has 0 radical (unpaired) electrons. The second-order valence-electron chi connectivity index (χ2n) is 6.62. The Labute approximate surface area is 187 Å². The Bertz CT molecular complexity index is 579. The van der Waals surface area contributed by atoms with Crippen molar-refractivity contribution in [2.45, 2.75) is 39.0 Å². The number of carbonyl (C=O) groups is 1. The topological polar surface area (TPSA) is 60.8 Å². The maximum atomic E-state index is 12.4. The summed E-state index contributed by atoms with van der Waals surface area (Å²) in [5.41, 5.74) is 0.991. The summed E-state index contributed by atoms with van der Waals surface area (Å²) in [7, 11) is 3.83. The van der Waals surface area contributed by atoms with Crippen molar-refractivity contribution in [3.8, 4) is 0 Å². The summed E-state index contributed by atoms with van der Waals surface area (Å²) in [6.45, 7) is 8.29. The molecule has 28 heavy (non-hydrogen) atoms. The van der Waals surface area contributed by atoms with Crippen molar-refractivity contribution >= 4 is 35.8 Å². The van der Waals surface area contributed by atoms with Crippen molar-refractivity contribution in [3.05, 3.63) is 42.7 Å². The maximum absolute atomic E-state index is 12.4. The molecule has 0 saturated carbocycles. The molecule has 0 aliphatic heterocycles. The van der Waals surface area contributed by atoms with Crippen LogP contribution in [0.25, 0.3) is 0 Å². The Morgan fingerprint density at radius 1 is 1.21 bits per heavy atom. The number of hydrogen-bond acceptors (Lipinski definition) is 3. The third kappa shape index (κ3) is 11.3. The predicted octanol–water partition coefficient (Wildman–Crippen LogP) is 3.34. The number of nitrogens with zero attached hydrogens (tertiary/aromatic N) is 4. The van der Waals surface area contributed by atoms with Crippen molar-refractivity contribution in [1.29, 1.82) is 0 Å². The second kappa shape index (κ2) is 16.3. The number of amides is 1. The Balaban J connectivity index is 0.00000729. The Morgan fingerprint density at radius 2 is 2.00 bits per heavy atom. The van der Waals surface area contributed by atoms with Crippen LogP contribution in [0.4, 0.5) is 0 Å². The van der Waals surface area contributed by atoms with E-state index in [0.29, 0.717) is 6.54 Å².